The number of ether oxygens (including phenoxy) is 1. The Morgan fingerprint density at radius 2 is 1.93 bits per heavy atom. The lowest BCUT2D eigenvalue weighted by Gasteiger charge is -2.33. The lowest BCUT2D eigenvalue weighted by molar-refractivity contribution is -0.113. The predicted octanol–water partition coefficient (Wildman–Crippen LogP) is 5.48. The molecule has 0 saturated carbocycles. The van der Waals surface area contributed by atoms with E-state index in [-0.39, 0.29) is 42.1 Å². The van der Waals surface area contributed by atoms with Crippen LogP contribution in [0.1, 0.15) is 82.2 Å². The second-order valence-electron chi connectivity index (χ2n) is 11.5. The number of benzene rings is 1. The van der Waals surface area contributed by atoms with Crippen LogP contribution in [0.15, 0.2) is 23.4 Å². The van der Waals surface area contributed by atoms with E-state index < -0.39 is 0 Å². The van der Waals surface area contributed by atoms with Crippen LogP contribution in [-0.2, 0) is 36.0 Å². The van der Waals surface area contributed by atoms with Gasteiger partial charge in [0.1, 0.15) is 5.00 Å². The van der Waals surface area contributed by atoms with E-state index in [0.717, 1.165) is 40.8 Å². The number of nitrogens with one attached hydrogen (secondary N) is 2. The van der Waals surface area contributed by atoms with Crippen molar-refractivity contribution in [3.8, 4) is 0 Å². The van der Waals surface area contributed by atoms with E-state index in [9.17, 15) is 14.4 Å². The number of amides is 2. The minimum absolute atomic E-state index is 0.0937. The van der Waals surface area contributed by atoms with Crippen LogP contribution in [-0.4, -0.2) is 44.9 Å². The molecule has 2 amide bonds. The van der Waals surface area contributed by atoms with E-state index in [1.807, 2.05) is 26.0 Å². The summed E-state index contributed by atoms with van der Waals surface area (Å²) in [6.45, 7) is 13.0. The summed E-state index contributed by atoms with van der Waals surface area (Å²) in [4.78, 5) is 39.6. The van der Waals surface area contributed by atoms with Crippen LogP contribution >= 0.6 is 23.1 Å². The first-order chi connectivity index (χ1) is 19.4. The Morgan fingerprint density at radius 1 is 1.17 bits per heavy atom. The number of esters is 1. The second kappa shape index (κ2) is 12.8. The van der Waals surface area contributed by atoms with Crippen molar-refractivity contribution in [1.82, 2.24) is 20.1 Å². The molecule has 1 unspecified atom stereocenters. The molecule has 1 aliphatic carbocycles. The number of thioether (sulfide) groups is 1. The Morgan fingerprint density at radius 3 is 2.61 bits per heavy atom. The third-order valence-electron chi connectivity index (χ3n) is 7.66. The number of fused-ring (bicyclic) bond motifs is 1. The predicted molar refractivity (Wildman–Crippen MR) is 163 cm³/mol. The molecule has 1 aromatic carbocycles. The molecular weight excluding hydrogens is 558 g/mol. The average molecular weight is 598 g/mol. The molecule has 0 spiro atoms. The maximum Gasteiger partial charge on any atom is 0.341 e. The van der Waals surface area contributed by atoms with Gasteiger partial charge in [0.05, 0.1) is 24.5 Å². The summed E-state index contributed by atoms with van der Waals surface area (Å²) in [6, 6.07) is 5.59. The van der Waals surface area contributed by atoms with Gasteiger partial charge in [-0.25, -0.2) is 4.79 Å². The van der Waals surface area contributed by atoms with Crippen molar-refractivity contribution in [2.24, 2.45) is 18.4 Å². The van der Waals surface area contributed by atoms with Crippen LogP contribution in [0.25, 0.3) is 0 Å². The summed E-state index contributed by atoms with van der Waals surface area (Å²) >= 11 is 2.73. The molecule has 1 aliphatic rings. The molecule has 2 heterocycles. The highest BCUT2D eigenvalue weighted by molar-refractivity contribution is 7.99. The zero-order valence-corrected chi connectivity index (χ0v) is 26.5. The Bertz CT molecular complexity index is 1450. The van der Waals surface area contributed by atoms with Crippen molar-refractivity contribution >= 4 is 45.9 Å². The highest BCUT2D eigenvalue weighted by Crippen LogP contribution is 2.44. The van der Waals surface area contributed by atoms with Gasteiger partial charge in [-0.1, -0.05) is 38.6 Å². The molecule has 0 radical (unpaired) electrons. The van der Waals surface area contributed by atoms with Crippen molar-refractivity contribution in [2.45, 2.75) is 72.5 Å². The number of carbonyl (C=O) groups excluding carboxylic acids is 3. The van der Waals surface area contributed by atoms with Gasteiger partial charge in [-0.05, 0) is 80.2 Å². The minimum Gasteiger partial charge on any atom is -0.462 e. The van der Waals surface area contributed by atoms with E-state index in [2.05, 4.69) is 41.6 Å². The van der Waals surface area contributed by atoms with E-state index >= 15 is 0 Å². The molecule has 11 heteroatoms. The van der Waals surface area contributed by atoms with Gasteiger partial charge in [-0.3, -0.25) is 9.59 Å². The molecule has 9 nitrogen and oxygen atoms in total. The zero-order chi connectivity index (χ0) is 29.9. The molecule has 41 heavy (non-hydrogen) atoms. The molecule has 1 atom stereocenters. The summed E-state index contributed by atoms with van der Waals surface area (Å²) in [5, 5.41) is 15.4. The van der Waals surface area contributed by atoms with Gasteiger partial charge < -0.3 is 19.9 Å². The number of rotatable bonds is 9. The maximum atomic E-state index is 13.0. The largest absolute Gasteiger partial charge is 0.462 e. The molecule has 2 aromatic heterocycles. The molecule has 4 rings (SSSR count). The topological polar surface area (TPSA) is 115 Å². The number of anilines is 1. The highest BCUT2D eigenvalue weighted by Gasteiger charge is 2.34. The molecule has 0 fully saturated rings. The van der Waals surface area contributed by atoms with Crippen LogP contribution in [0.2, 0.25) is 0 Å². The number of aryl methyl sites for hydroxylation is 2. The Kier molecular flexibility index (Phi) is 9.59. The van der Waals surface area contributed by atoms with Gasteiger partial charge in [-0.2, -0.15) is 0 Å². The van der Waals surface area contributed by atoms with Crippen LogP contribution < -0.4 is 10.6 Å². The second-order valence-corrected chi connectivity index (χ2v) is 13.6. The quantitative estimate of drug-likeness (QED) is 0.248. The number of hydrogen-bond donors (Lipinski definition) is 2. The summed E-state index contributed by atoms with van der Waals surface area (Å²) in [5.74, 6) is 0.375. The average Bonchev–Trinajstić information content (AvgIpc) is 3.45. The third kappa shape index (κ3) is 7.19. The van der Waals surface area contributed by atoms with Crippen molar-refractivity contribution in [3.63, 3.8) is 0 Å². The van der Waals surface area contributed by atoms with Crippen molar-refractivity contribution in [1.29, 1.82) is 0 Å². The van der Waals surface area contributed by atoms with Crippen molar-refractivity contribution in [3.05, 3.63) is 56.7 Å². The smallest absolute Gasteiger partial charge is 0.341 e. The van der Waals surface area contributed by atoms with Gasteiger partial charge in [-0.15, -0.1) is 21.5 Å². The molecule has 0 saturated heterocycles. The first kappa shape index (κ1) is 30.8. The van der Waals surface area contributed by atoms with E-state index in [4.69, 9.17) is 4.74 Å². The van der Waals surface area contributed by atoms with Crippen LogP contribution in [0.3, 0.4) is 0 Å². The first-order valence-electron chi connectivity index (χ1n) is 13.9. The molecule has 0 bridgehead atoms. The fraction of sp³-hybridized carbons (Fsp3) is 0.500. The fourth-order valence-corrected chi connectivity index (χ4v) is 6.96. The standard InChI is InChI=1S/C30H39N5O4S2/c1-8-39-28(38)25-21-12-11-20(30(4,5)6)14-22(21)41-27(25)32-24(36)16-40-29-34-33-23(35(29)7)15-31-26(37)19-10-9-17(2)18(3)13-19/h9-10,13,20H,8,11-12,14-16H2,1-7H3,(H,31,37)(H,32,36). The minimum atomic E-state index is -0.386. The number of hydrogen-bond acceptors (Lipinski definition) is 8. The Balaban J connectivity index is 1.39. The number of carbonyl (C=O) groups is 3. The first-order valence-corrected chi connectivity index (χ1v) is 15.7. The Labute approximate surface area is 249 Å². The van der Waals surface area contributed by atoms with Gasteiger partial charge in [0.2, 0.25) is 5.91 Å². The number of nitrogens with zero attached hydrogens (tertiary/aromatic N) is 3. The summed E-state index contributed by atoms with van der Waals surface area (Å²) in [5.41, 5.74) is 4.46. The van der Waals surface area contributed by atoms with Gasteiger partial charge in [0.25, 0.3) is 5.91 Å². The maximum absolute atomic E-state index is 13.0. The van der Waals surface area contributed by atoms with Crippen molar-refractivity contribution < 1.29 is 19.1 Å². The van der Waals surface area contributed by atoms with Crippen LogP contribution in [0, 0.1) is 25.2 Å². The van der Waals surface area contributed by atoms with Gasteiger partial charge >= 0.3 is 5.97 Å². The Hall–Kier alpha value is -3.18. The summed E-state index contributed by atoms with van der Waals surface area (Å²) in [7, 11) is 1.80. The lowest BCUT2D eigenvalue weighted by Crippen LogP contribution is -2.26. The highest BCUT2D eigenvalue weighted by atomic mass is 32.2. The van der Waals surface area contributed by atoms with Crippen LogP contribution in [0.5, 0.6) is 0 Å². The molecule has 0 aliphatic heterocycles. The van der Waals surface area contributed by atoms with Crippen molar-refractivity contribution in [2.75, 3.05) is 17.7 Å². The third-order valence-corrected chi connectivity index (χ3v) is 9.85. The number of aromatic nitrogens is 3. The molecule has 2 N–H and O–H groups in total. The SMILES string of the molecule is CCOC(=O)c1c(NC(=O)CSc2nnc(CNC(=O)c3ccc(C)c(C)c3)n2C)sc2c1CCC(C(C)(C)C)C2. The normalized spacial score (nSPS) is 14.9. The molecule has 3 aromatic rings. The molecule has 220 valence electrons. The zero-order valence-electron chi connectivity index (χ0n) is 24.8. The van der Waals surface area contributed by atoms with Gasteiger partial charge in [0.15, 0.2) is 11.0 Å². The number of thiophene rings is 1. The van der Waals surface area contributed by atoms with E-state index in [1.54, 1.807) is 24.6 Å². The van der Waals surface area contributed by atoms with E-state index in [1.165, 1.54) is 23.1 Å². The monoisotopic (exact) mass is 597 g/mol. The molecular formula is C30H39N5O4S2. The van der Waals surface area contributed by atoms with E-state index in [0.29, 0.717) is 33.0 Å². The summed E-state index contributed by atoms with van der Waals surface area (Å²) < 4.78 is 7.12. The fourth-order valence-electron chi connectivity index (χ4n) is 4.89. The lowest BCUT2D eigenvalue weighted by atomic mass is 9.72. The summed E-state index contributed by atoms with van der Waals surface area (Å²) in [6.07, 6.45) is 2.69. The van der Waals surface area contributed by atoms with Gasteiger partial charge in [0, 0.05) is 17.5 Å². The van der Waals surface area contributed by atoms with Crippen LogP contribution in [0.4, 0.5) is 5.00 Å².